The maximum atomic E-state index is 12.2. The Morgan fingerprint density at radius 3 is 2.52 bits per heavy atom. The molecule has 42 heavy (non-hydrogen) atoms. The van der Waals surface area contributed by atoms with Crippen LogP contribution in [0.3, 0.4) is 0 Å². The molecular formula is C32H37Cl2N3O5. The maximum absolute atomic E-state index is 12.2. The number of anilines is 2. The standard InChI is InChI=1S/C32H37Cl2N3O5/c33-27-9-6-10-28(31(27)34)36-18-16-35(17-19-36)15-4-5-20-40-26-13-11-25-12-14-30(38)37(29(25)21-26)23-42-32(39)41-22-24-7-2-1-3-8-24/h1-3,6-11,13,21,30,38H,4-5,12,14-20,22-23H2. The van der Waals surface area contributed by atoms with Crippen LogP contribution in [0.5, 0.6) is 5.75 Å². The minimum atomic E-state index is -0.778. The van der Waals surface area contributed by atoms with Crippen molar-refractivity contribution in [3.05, 3.63) is 87.9 Å². The number of carbonyl (C=O) groups is 1. The molecule has 2 aliphatic rings. The summed E-state index contributed by atoms with van der Waals surface area (Å²) in [6.07, 6.45) is 1.72. The highest BCUT2D eigenvalue weighted by molar-refractivity contribution is 6.43. The molecule has 10 heteroatoms. The molecule has 0 amide bonds. The summed E-state index contributed by atoms with van der Waals surface area (Å²) < 4.78 is 16.6. The van der Waals surface area contributed by atoms with Gasteiger partial charge in [-0.15, -0.1) is 0 Å². The Hall–Kier alpha value is -3.17. The number of ether oxygens (including phenoxy) is 3. The molecule has 0 saturated carbocycles. The van der Waals surface area contributed by atoms with Gasteiger partial charge in [-0.2, -0.15) is 0 Å². The van der Waals surface area contributed by atoms with E-state index < -0.39 is 12.4 Å². The molecule has 0 aromatic heterocycles. The molecule has 0 aliphatic carbocycles. The fourth-order valence-corrected chi connectivity index (χ4v) is 5.74. The lowest BCUT2D eigenvalue weighted by molar-refractivity contribution is 0.0375. The number of aliphatic hydroxyl groups excluding tert-OH is 1. The zero-order valence-corrected chi connectivity index (χ0v) is 25.1. The summed E-state index contributed by atoms with van der Waals surface area (Å²) in [6, 6.07) is 21.1. The van der Waals surface area contributed by atoms with Gasteiger partial charge >= 0.3 is 6.16 Å². The van der Waals surface area contributed by atoms with Crippen molar-refractivity contribution in [3.63, 3.8) is 0 Å². The molecule has 1 fully saturated rings. The van der Waals surface area contributed by atoms with Gasteiger partial charge in [-0.25, -0.2) is 4.79 Å². The summed E-state index contributed by atoms with van der Waals surface area (Å²) >= 11 is 12.6. The quantitative estimate of drug-likeness (QED) is 0.198. The highest BCUT2D eigenvalue weighted by Crippen LogP contribution is 2.34. The minimum absolute atomic E-state index is 0.109. The van der Waals surface area contributed by atoms with Crippen LogP contribution in [-0.2, 0) is 22.5 Å². The molecule has 8 nitrogen and oxygen atoms in total. The molecule has 0 radical (unpaired) electrons. The van der Waals surface area contributed by atoms with Crippen LogP contribution in [0, 0.1) is 0 Å². The first-order chi connectivity index (χ1) is 20.5. The SMILES string of the molecule is O=C(OCc1ccccc1)OCN1c2cc(OCCCCN3CCN(c4cccc(Cl)c4Cl)CC3)ccc2CCC1O. The fourth-order valence-electron chi connectivity index (χ4n) is 5.33. The highest BCUT2D eigenvalue weighted by Gasteiger charge is 2.26. The predicted molar refractivity (Wildman–Crippen MR) is 166 cm³/mol. The lowest BCUT2D eigenvalue weighted by Gasteiger charge is -2.36. The number of hydrogen-bond acceptors (Lipinski definition) is 8. The predicted octanol–water partition coefficient (Wildman–Crippen LogP) is 6.36. The van der Waals surface area contributed by atoms with E-state index in [2.05, 4.69) is 9.80 Å². The fraction of sp³-hybridized carbons (Fsp3) is 0.406. The van der Waals surface area contributed by atoms with Gasteiger partial charge in [0, 0.05) is 37.9 Å². The van der Waals surface area contributed by atoms with Crippen LogP contribution in [0.1, 0.15) is 30.4 Å². The van der Waals surface area contributed by atoms with Crippen molar-refractivity contribution in [2.75, 3.05) is 55.9 Å². The van der Waals surface area contributed by atoms with Gasteiger partial charge in [0.15, 0.2) is 6.73 Å². The Bertz CT molecular complexity index is 1320. The second-order valence-corrected chi connectivity index (χ2v) is 11.3. The van der Waals surface area contributed by atoms with Gasteiger partial charge in [0.2, 0.25) is 0 Å². The van der Waals surface area contributed by atoms with E-state index in [9.17, 15) is 9.90 Å². The summed E-state index contributed by atoms with van der Waals surface area (Å²) in [5.74, 6) is 0.728. The maximum Gasteiger partial charge on any atom is 0.510 e. The number of aliphatic hydroxyl groups is 1. The van der Waals surface area contributed by atoms with Crippen molar-refractivity contribution in [3.8, 4) is 5.75 Å². The molecule has 1 unspecified atom stereocenters. The van der Waals surface area contributed by atoms with E-state index in [1.807, 2.05) is 66.7 Å². The molecule has 1 atom stereocenters. The van der Waals surface area contributed by atoms with Gasteiger partial charge < -0.3 is 29.1 Å². The van der Waals surface area contributed by atoms with Crippen molar-refractivity contribution in [2.45, 2.75) is 38.5 Å². The lowest BCUT2D eigenvalue weighted by atomic mass is 10.0. The third kappa shape index (κ3) is 8.01. The van der Waals surface area contributed by atoms with Crippen LogP contribution >= 0.6 is 23.2 Å². The first kappa shape index (κ1) is 30.3. The Labute approximate surface area is 257 Å². The topological polar surface area (TPSA) is 74.7 Å². The number of unbranched alkanes of at least 4 members (excludes halogenated alkanes) is 1. The van der Waals surface area contributed by atoms with E-state index in [-0.39, 0.29) is 13.3 Å². The van der Waals surface area contributed by atoms with E-state index in [1.54, 1.807) is 4.90 Å². The first-order valence-electron chi connectivity index (χ1n) is 14.4. The third-order valence-corrected chi connectivity index (χ3v) is 8.51. The van der Waals surface area contributed by atoms with E-state index in [4.69, 9.17) is 37.4 Å². The van der Waals surface area contributed by atoms with Crippen molar-refractivity contribution in [1.82, 2.24) is 4.90 Å². The summed E-state index contributed by atoms with van der Waals surface area (Å²) in [5, 5.41) is 11.9. The highest BCUT2D eigenvalue weighted by atomic mass is 35.5. The van der Waals surface area contributed by atoms with Gasteiger partial charge in [-0.1, -0.05) is 65.7 Å². The largest absolute Gasteiger partial charge is 0.510 e. The Balaban J connectivity index is 1.04. The van der Waals surface area contributed by atoms with Crippen molar-refractivity contribution in [2.24, 2.45) is 0 Å². The summed E-state index contributed by atoms with van der Waals surface area (Å²) in [6.45, 7) is 5.44. The third-order valence-electron chi connectivity index (χ3n) is 7.70. The van der Waals surface area contributed by atoms with E-state index >= 15 is 0 Å². The van der Waals surface area contributed by atoms with Crippen LogP contribution in [0.4, 0.5) is 16.2 Å². The number of fused-ring (bicyclic) bond motifs is 1. The number of carbonyl (C=O) groups excluding carboxylic acids is 1. The van der Waals surface area contributed by atoms with Crippen molar-refractivity contribution < 1.29 is 24.1 Å². The van der Waals surface area contributed by atoms with Crippen LogP contribution in [-0.4, -0.2) is 68.5 Å². The first-order valence-corrected chi connectivity index (χ1v) is 15.2. The average Bonchev–Trinajstić information content (AvgIpc) is 3.01. The molecule has 1 N–H and O–H groups in total. The second-order valence-electron chi connectivity index (χ2n) is 10.5. The normalized spacial score (nSPS) is 17.1. The molecule has 0 bridgehead atoms. The molecule has 3 aromatic rings. The lowest BCUT2D eigenvalue weighted by Crippen LogP contribution is -2.46. The van der Waals surface area contributed by atoms with Crippen LogP contribution in [0.15, 0.2) is 66.7 Å². The molecule has 3 aromatic carbocycles. The van der Waals surface area contributed by atoms with Crippen LogP contribution < -0.4 is 14.5 Å². The van der Waals surface area contributed by atoms with E-state index in [1.165, 1.54) is 0 Å². The number of hydrogen-bond donors (Lipinski definition) is 1. The van der Waals surface area contributed by atoms with Crippen LogP contribution in [0.2, 0.25) is 10.0 Å². The number of rotatable bonds is 11. The molecule has 224 valence electrons. The number of benzene rings is 3. The van der Waals surface area contributed by atoms with Gasteiger partial charge in [-0.05, 0) is 61.6 Å². The number of halogens is 2. The molecular weight excluding hydrogens is 577 g/mol. The molecule has 1 saturated heterocycles. The molecule has 0 spiro atoms. The second kappa shape index (κ2) is 14.8. The molecule has 5 rings (SSSR count). The number of nitrogens with zero attached hydrogens (tertiary/aromatic N) is 3. The van der Waals surface area contributed by atoms with Gasteiger partial charge in [0.1, 0.15) is 18.6 Å². The van der Waals surface area contributed by atoms with Crippen LogP contribution in [0.25, 0.3) is 0 Å². The average molecular weight is 615 g/mol. The Kier molecular flexibility index (Phi) is 10.7. The van der Waals surface area contributed by atoms with Crippen molar-refractivity contribution >= 4 is 40.7 Å². The molecule has 2 heterocycles. The zero-order chi connectivity index (χ0) is 29.3. The van der Waals surface area contributed by atoms with Gasteiger partial charge in [-0.3, -0.25) is 4.90 Å². The number of piperazine rings is 1. The van der Waals surface area contributed by atoms with E-state index in [0.717, 1.165) is 80.2 Å². The van der Waals surface area contributed by atoms with Gasteiger partial charge in [0.25, 0.3) is 0 Å². The van der Waals surface area contributed by atoms with E-state index in [0.29, 0.717) is 23.1 Å². The zero-order valence-electron chi connectivity index (χ0n) is 23.6. The summed E-state index contributed by atoms with van der Waals surface area (Å²) in [5.41, 5.74) is 3.76. The Morgan fingerprint density at radius 2 is 1.71 bits per heavy atom. The minimum Gasteiger partial charge on any atom is -0.494 e. The summed E-state index contributed by atoms with van der Waals surface area (Å²) in [7, 11) is 0. The number of aryl methyl sites for hydroxylation is 1. The summed E-state index contributed by atoms with van der Waals surface area (Å²) in [4.78, 5) is 18.6. The Morgan fingerprint density at radius 1 is 0.905 bits per heavy atom. The smallest absolute Gasteiger partial charge is 0.494 e. The monoisotopic (exact) mass is 613 g/mol. The van der Waals surface area contributed by atoms with Gasteiger partial charge in [0.05, 0.1) is 22.3 Å². The molecule has 2 aliphatic heterocycles. The van der Waals surface area contributed by atoms with Crippen molar-refractivity contribution in [1.29, 1.82) is 0 Å².